The predicted molar refractivity (Wildman–Crippen MR) is 83.5 cm³/mol. The zero-order valence-corrected chi connectivity index (χ0v) is 13.5. The molecule has 0 spiro atoms. The number of hydrogen-bond acceptors (Lipinski definition) is 5. The van der Waals surface area contributed by atoms with Crippen LogP contribution >= 0.6 is 0 Å². The van der Waals surface area contributed by atoms with Crippen LogP contribution in [0.4, 0.5) is 0 Å². The maximum atomic E-state index is 12.5. The third-order valence-electron chi connectivity index (χ3n) is 5.00. The van der Waals surface area contributed by atoms with Gasteiger partial charge in [-0.05, 0) is 33.4 Å². The summed E-state index contributed by atoms with van der Waals surface area (Å²) in [5.41, 5.74) is 0. The molecule has 7 heteroatoms. The first-order chi connectivity index (χ1) is 10.6. The van der Waals surface area contributed by atoms with Crippen LogP contribution in [0.1, 0.15) is 31.0 Å². The molecule has 0 aromatic carbocycles. The van der Waals surface area contributed by atoms with Gasteiger partial charge in [0, 0.05) is 38.1 Å². The van der Waals surface area contributed by atoms with Gasteiger partial charge in [-0.15, -0.1) is 0 Å². The van der Waals surface area contributed by atoms with Crippen LogP contribution in [0.2, 0.25) is 0 Å². The van der Waals surface area contributed by atoms with Crippen LogP contribution in [0.3, 0.4) is 0 Å². The summed E-state index contributed by atoms with van der Waals surface area (Å²) in [6, 6.07) is 0.588. The van der Waals surface area contributed by atoms with Gasteiger partial charge in [0.15, 0.2) is 0 Å². The lowest BCUT2D eigenvalue weighted by Crippen LogP contribution is -2.44. The number of likely N-dealkylation sites (N-methyl/N-ethyl adjacent to an activating group) is 1. The summed E-state index contributed by atoms with van der Waals surface area (Å²) in [5.74, 6) is 1.65. The zero-order chi connectivity index (χ0) is 15.5. The molecule has 2 aliphatic heterocycles. The number of H-pyrrole nitrogens is 1. The lowest BCUT2D eigenvalue weighted by molar-refractivity contribution is -0.133. The van der Waals surface area contributed by atoms with Crippen molar-refractivity contribution in [3.8, 4) is 0 Å². The standard InChI is InChI=1S/C15H26N6O/c1-19(2)13-5-6-20(9-13)10-14(22)21-7-3-12(4-8-21)15-16-11-17-18-15/h11-13H,3-10H2,1-2H3,(H,16,17,18). The van der Waals surface area contributed by atoms with E-state index in [4.69, 9.17) is 0 Å². The van der Waals surface area contributed by atoms with Gasteiger partial charge in [-0.3, -0.25) is 14.8 Å². The molecule has 122 valence electrons. The monoisotopic (exact) mass is 306 g/mol. The Balaban J connectivity index is 1.44. The SMILES string of the molecule is CN(C)C1CCN(CC(=O)N2CCC(c3ncn[nH]3)CC2)C1. The summed E-state index contributed by atoms with van der Waals surface area (Å²) < 4.78 is 0. The van der Waals surface area contributed by atoms with Crippen molar-refractivity contribution >= 4 is 5.91 Å². The number of aromatic nitrogens is 3. The first kappa shape index (κ1) is 15.4. The van der Waals surface area contributed by atoms with Crippen LogP contribution in [0.15, 0.2) is 6.33 Å². The molecule has 7 nitrogen and oxygen atoms in total. The first-order valence-corrected chi connectivity index (χ1v) is 8.15. The summed E-state index contributed by atoms with van der Waals surface area (Å²) in [7, 11) is 4.23. The maximum absolute atomic E-state index is 12.5. The molecule has 0 bridgehead atoms. The molecule has 2 fully saturated rings. The van der Waals surface area contributed by atoms with E-state index in [1.807, 2.05) is 4.90 Å². The van der Waals surface area contributed by atoms with Gasteiger partial charge in [-0.1, -0.05) is 0 Å². The molecule has 1 unspecified atom stereocenters. The maximum Gasteiger partial charge on any atom is 0.236 e. The molecule has 0 saturated carbocycles. The number of carbonyl (C=O) groups is 1. The second kappa shape index (κ2) is 6.75. The van der Waals surface area contributed by atoms with Crippen LogP contribution in [-0.2, 0) is 4.79 Å². The Kier molecular flexibility index (Phi) is 4.73. The number of piperidine rings is 1. The van der Waals surface area contributed by atoms with Gasteiger partial charge in [0.25, 0.3) is 0 Å². The molecule has 3 rings (SSSR count). The fourth-order valence-corrected chi connectivity index (χ4v) is 3.48. The number of nitrogens with zero attached hydrogens (tertiary/aromatic N) is 5. The Morgan fingerprint density at radius 3 is 2.68 bits per heavy atom. The van der Waals surface area contributed by atoms with Crippen molar-refractivity contribution in [3.05, 3.63) is 12.2 Å². The van der Waals surface area contributed by atoms with Crippen molar-refractivity contribution in [2.24, 2.45) is 0 Å². The molecule has 0 radical (unpaired) electrons. The quantitative estimate of drug-likeness (QED) is 0.857. The third kappa shape index (κ3) is 3.47. The second-order valence-electron chi connectivity index (χ2n) is 6.67. The van der Waals surface area contributed by atoms with Gasteiger partial charge >= 0.3 is 0 Å². The topological polar surface area (TPSA) is 68.4 Å². The molecule has 1 N–H and O–H groups in total. The Morgan fingerprint density at radius 1 is 1.32 bits per heavy atom. The van der Waals surface area contributed by atoms with Crippen molar-refractivity contribution < 1.29 is 4.79 Å². The summed E-state index contributed by atoms with van der Waals surface area (Å²) in [5, 5.41) is 6.86. The van der Waals surface area contributed by atoms with E-state index in [0.717, 1.165) is 51.3 Å². The average molecular weight is 306 g/mol. The van der Waals surface area contributed by atoms with Crippen LogP contribution in [-0.4, -0.2) is 88.6 Å². The Labute approximate surface area is 131 Å². The van der Waals surface area contributed by atoms with E-state index in [-0.39, 0.29) is 5.91 Å². The number of rotatable bonds is 4. The van der Waals surface area contributed by atoms with E-state index >= 15 is 0 Å². The molecule has 1 aromatic heterocycles. The van der Waals surface area contributed by atoms with Crippen LogP contribution in [0.5, 0.6) is 0 Å². The Morgan fingerprint density at radius 2 is 2.09 bits per heavy atom. The highest BCUT2D eigenvalue weighted by atomic mass is 16.2. The molecule has 1 aromatic rings. The fraction of sp³-hybridized carbons (Fsp3) is 0.800. The van der Waals surface area contributed by atoms with E-state index in [1.165, 1.54) is 0 Å². The lowest BCUT2D eigenvalue weighted by atomic mass is 9.96. The number of amides is 1. The zero-order valence-electron chi connectivity index (χ0n) is 13.5. The van der Waals surface area contributed by atoms with Crippen LogP contribution in [0.25, 0.3) is 0 Å². The fourth-order valence-electron chi connectivity index (χ4n) is 3.48. The highest BCUT2D eigenvalue weighted by molar-refractivity contribution is 5.78. The molecule has 22 heavy (non-hydrogen) atoms. The number of likely N-dealkylation sites (tertiary alicyclic amines) is 2. The minimum absolute atomic E-state index is 0.274. The highest BCUT2D eigenvalue weighted by Crippen LogP contribution is 2.25. The van der Waals surface area contributed by atoms with Crippen molar-refractivity contribution in [1.82, 2.24) is 29.9 Å². The first-order valence-electron chi connectivity index (χ1n) is 8.15. The number of aromatic amines is 1. The summed E-state index contributed by atoms with van der Waals surface area (Å²) in [4.78, 5) is 23.2. The molecule has 2 saturated heterocycles. The van der Waals surface area contributed by atoms with Crippen molar-refractivity contribution in [2.75, 3.05) is 46.8 Å². The van der Waals surface area contributed by atoms with Crippen molar-refractivity contribution in [2.45, 2.75) is 31.2 Å². The average Bonchev–Trinajstić information content (AvgIpc) is 3.19. The number of carbonyl (C=O) groups excluding carboxylic acids is 1. The van der Waals surface area contributed by atoms with Gasteiger partial charge < -0.3 is 9.80 Å². The number of hydrogen-bond donors (Lipinski definition) is 1. The molecular formula is C15H26N6O. The Hall–Kier alpha value is -1.47. The molecule has 1 amide bonds. The van der Waals surface area contributed by atoms with E-state index in [2.05, 4.69) is 39.1 Å². The van der Waals surface area contributed by atoms with Crippen molar-refractivity contribution in [3.63, 3.8) is 0 Å². The summed E-state index contributed by atoms with van der Waals surface area (Å²) in [6.07, 6.45) is 4.66. The van der Waals surface area contributed by atoms with Gasteiger partial charge in [-0.2, -0.15) is 5.10 Å². The van der Waals surface area contributed by atoms with Gasteiger partial charge in [-0.25, -0.2) is 4.98 Å². The molecule has 2 aliphatic rings. The van der Waals surface area contributed by atoms with E-state index in [1.54, 1.807) is 6.33 Å². The van der Waals surface area contributed by atoms with Crippen LogP contribution in [0, 0.1) is 0 Å². The second-order valence-corrected chi connectivity index (χ2v) is 6.67. The van der Waals surface area contributed by atoms with Crippen LogP contribution < -0.4 is 0 Å². The molecule has 3 heterocycles. The molecular weight excluding hydrogens is 280 g/mol. The predicted octanol–water partition coefficient (Wildman–Crippen LogP) is 0.147. The normalized spacial score (nSPS) is 24.3. The van der Waals surface area contributed by atoms with Gasteiger partial charge in [0.05, 0.1) is 6.54 Å². The van der Waals surface area contributed by atoms with Gasteiger partial charge in [0.1, 0.15) is 12.2 Å². The van der Waals surface area contributed by atoms with E-state index in [0.29, 0.717) is 18.5 Å². The Bertz CT molecular complexity index is 480. The molecule has 1 atom stereocenters. The minimum atomic E-state index is 0.274. The lowest BCUT2D eigenvalue weighted by Gasteiger charge is -2.32. The number of nitrogens with one attached hydrogen (secondary N) is 1. The van der Waals surface area contributed by atoms with Crippen molar-refractivity contribution in [1.29, 1.82) is 0 Å². The third-order valence-corrected chi connectivity index (χ3v) is 5.00. The highest BCUT2D eigenvalue weighted by Gasteiger charge is 2.29. The van der Waals surface area contributed by atoms with E-state index in [9.17, 15) is 4.79 Å². The smallest absolute Gasteiger partial charge is 0.236 e. The summed E-state index contributed by atoms with van der Waals surface area (Å²) in [6.45, 7) is 4.26. The minimum Gasteiger partial charge on any atom is -0.342 e. The molecule has 0 aliphatic carbocycles. The van der Waals surface area contributed by atoms with E-state index < -0.39 is 0 Å². The summed E-state index contributed by atoms with van der Waals surface area (Å²) >= 11 is 0. The largest absolute Gasteiger partial charge is 0.342 e. The van der Waals surface area contributed by atoms with Gasteiger partial charge in [0.2, 0.25) is 5.91 Å².